The second kappa shape index (κ2) is 14.4. The molecule has 0 radical (unpaired) electrons. The molecule has 11 heteroatoms. The number of hydrogen-bond donors (Lipinski definition) is 4. The van der Waals surface area contributed by atoms with Gasteiger partial charge in [-0.05, 0) is 59.6 Å². The van der Waals surface area contributed by atoms with E-state index in [1.165, 1.54) is 0 Å². The Balaban J connectivity index is 0.000000604. The third-order valence-corrected chi connectivity index (χ3v) is 6.10. The average molecular weight is 536 g/mol. The topological polar surface area (TPSA) is 136 Å². The molecule has 1 amide bonds. The third kappa shape index (κ3) is 10.2. The number of amides is 1. The summed E-state index contributed by atoms with van der Waals surface area (Å²) in [6.45, 7) is 0.477. The van der Waals surface area contributed by atoms with Gasteiger partial charge >= 0.3 is 12.1 Å². The predicted molar refractivity (Wildman–Crippen MR) is 137 cm³/mol. The number of carbonyl (C=O) groups is 3. The highest BCUT2D eigenvalue weighted by Gasteiger charge is 2.38. The van der Waals surface area contributed by atoms with E-state index in [0.29, 0.717) is 25.8 Å². The highest BCUT2D eigenvalue weighted by Crippen LogP contribution is 2.26. The van der Waals surface area contributed by atoms with Gasteiger partial charge in [-0.15, -0.1) is 0 Å². The van der Waals surface area contributed by atoms with Gasteiger partial charge in [-0.1, -0.05) is 60.7 Å². The maximum atomic E-state index is 13.1. The van der Waals surface area contributed by atoms with Crippen molar-refractivity contribution >= 4 is 39.5 Å². The van der Waals surface area contributed by atoms with Crippen LogP contribution in [0.2, 0.25) is 0 Å². The van der Waals surface area contributed by atoms with Crippen LogP contribution in [0, 0.1) is 0 Å². The molecule has 0 bridgehead atoms. The fourth-order valence-corrected chi connectivity index (χ4v) is 4.05. The standard InChI is InChI=1S/C24H27N3O2S.C2HF3O2/c25-14-6-11-21(26)23(28)27-22(15-17-7-2-1-3-8-17)24(29)30-20-13-12-18-9-4-5-10-19(18)16-20;3-2(4,5)1(6)7/h1-5,7-10,12-13,16,21-22H,6,11,14-15,25-26H2,(H,27,28);(H,6,7)/t21-,22-;/m1./s1. The number of rotatable bonds is 9. The van der Waals surface area contributed by atoms with Gasteiger partial charge in [-0.25, -0.2) is 4.79 Å². The van der Waals surface area contributed by atoms with Crippen LogP contribution in [0.1, 0.15) is 18.4 Å². The summed E-state index contributed by atoms with van der Waals surface area (Å²) in [5.74, 6) is -3.08. The van der Waals surface area contributed by atoms with Crippen molar-refractivity contribution in [2.24, 2.45) is 11.5 Å². The van der Waals surface area contributed by atoms with Crippen molar-refractivity contribution in [2.75, 3.05) is 6.54 Å². The number of aliphatic carboxylic acids is 1. The Kier molecular flexibility index (Phi) is 11.6. The summed E-state index contributed by atoms with van der Waals surface area (Å²) >= 11 is 1.14. The van der Waals surface area contributed by atoms with Crippen molar-refractivity contribution < 1.29 is 32.7 Å². The maximum absolute atomic E-state index is 13.1. The molecule has 0 saturated heterocycles. The van der Waals surface area contributed by atoms with E-state index in [-0.39, 0.29) is 11.0 Å². The largest absolute Gasteiger partial charge is 0.490 e. The lowest BCUT2D eigenvalue weighted by molar-refractivity contribution is -0.192. The van der Waals surface area contributed by atoms with Gasteiger partial charge in [0.25, 0.3) is 0 Å². The van der Waals surface area contributed by atoms with E-state index in [1.54, 1.807) is 0 Å². The first-order chi connectivity index (χ1) is 17.5. The molecule has 0 heterocycles. The number of alkyl halides is 3. The van der Waals surface area contributed by atoms with Crippen molar-refractivity contribution in [3.8, 4) is 0 Å². The maximum Gasteiger partial charge on any atom is 0.490 e. The SMILES string of the molecule is NCCC[C@@H](N)C(=O)N[C@H](Cc1ccccc1)C(=O)Sc1ccc2ccccc2c1.O=C(O)C(F)(F)F. The Bertz CT molecular complexity index is 1190. The number of carbonyl (C=O) groups excluding carboxylic acids is 2. The normalized spacial score (nSPS) is 12.7. The number of nitrogens with one attached hydrogen (secondary N) is 1. The van der Waals surface area contributed by atoms with E-state index in [4.69, 9.17) is 21.4 Å². The fourth-order valence-electron chi connectivity index (χ4n) is 3.21. The second-order valence-corrected chi connectivity index (χ2v) is 9.10. The number of carboxylic acid groups (broad SMARTS) is 1. The fraction of sp³-hybridized carbons (Fsp3) is 0.269. The van der Waals surface area contributed by atoms with E-state index >= 15 is 0 Å². The van der Waals surface area contributed by atoms with Gasteiger partial charge < -0.3 is 21.9 Å². The summed E-state index contributed by atoms with van der Waals surface area (Å²) in [4.78, 5) is 35.4. The zero-order valence-electron chi connectivity index (χ0n) is 19.8. The van der Waals surface area contributed by atoms with Crippen LogP contribution in [0.5, 0.6) is 0 Å². The lowest BCUT2D eigenvalue weighted by Crippen LogP contribution is -2.48. The minimum Gasteiger partial charge on any atom is -0.475 e. The van der Waals surface area contributed by atoms with Gasteiger partial charge in [0.15, 0.2) is 0 Å². The van der Waals surface area contributed by atoms with Gasteiger partial charge in [-0.3, -0.25) is 9.59 Å². The lowest BCUT2D eigenvalue weighted by atomic mass is 10.1. The van der Waals surface area contributed by atoms with Crippen LogP contribution in [0.4, 0.5) is 13.2 Å². The molecule has 3 aromatic carbocycles. The zero-order chi connectivity index (χ0) is 27.4. The van der Waals surface area contributed by atoms with Gasteiger partial charge in [0, 0.05) is 11.3 Å². The molecule has 0 aliphatic heterocycles. The number of carboxylic acids is 1. The number of fused-ring (bicyclic) bond motifs is 1. The van der Waals surface area contributed by atoms with E-state index in [1.807, 2.05) is 72.8 Å². The highest BCUT2D eigenvalue weighted by molar-refractivity contribution is 8.13. The Morgan fingerprint density at radius 1 is 0.946 bits per heavy atom. The van der Waals surface area contributed by atoms with Crippen molar-refractivity contribution in [1.82, 2.24) is 5.32 Å². The molecule has 0 saturated carbocycles. The molecule has 0 aliphatic carbocycles. The van der Waals surface area contributed by atoms with Gasteiger partial charge in [0.05, 0.1) is 6.04 Å². The molecule has 3 rings (SSSR count). The number of halogens is 3. The lowest BCUT2D eigenvalue weighted by Gasteiger charge is -2.20. The Morgan fingerprint density at radius 3 is 2.14 bits per heavy atom. The first-order valence-corrected chi connectivity index (χ1v) is 12.1. The van der Waals surface area contributed by atoms with E-state index in [2.05, 4.69) is 5.32 Å². The summed E-state index contributed by atoms with van der Waals surface area (Å²) in [7, 11) is 0. The number of benzene rings is 3. The molecule has 2 atom stereocenters. The van der Waals surface area contributed by atoms with Crippen LogP contribution < -0.4 is 16.8 Å². The average Bonchev–Trinajstić information content (AvgIpc) is 2.87. The molecule has 6 N–H and O–H groups in total. The number of hydrogen-bond acceptors (Lipinski definition) is 6. The second-order valence-electron chi connectivity index (χ2n) is 8.02. The van der Waals surface area contributed by atoms with Crippen molar-refractivity contribution in [2.45, 2.75) is 42.4 Å². The first kappa shape index (κ1) is 29.8. The zero-order valence-corrected chi connectivity index (χ0v) is 20.6. The molecule has 0 aliphatic rings. The van der Waals surface area contributed by atoms with E-state index in [9.17, 15) is 22.8 Å². The smallest absolute Gasteiger partial charge is 0.475 e. The third-order valence-electron chi connectivity index (χ3n) is 5.12. The van der Waals surface area contributed by atoms with Gasteiger partial charge in [-0.2, -0.15) is 13.2 Å². The molecule has 0 spiro atoms. The van der Waals surface area contributed by atoms with Crippen molar-refractivity contribution in [3.63, 3.8) is 0 Å². The molecular formula is C26H28F3N3O4S. The molecular weight excluding hydrogens is 507 g/mol. The molecule has 0 fully saturated rings. The summed E-state index contributed by atoms with van der Waals surface area (Å²) in [5.41, 5.74) is 12.5. The summed E-state index contributed by atoms with van der Waals surface area (Å²) in [6.07, 6.45) is -3.51. The molecule has 198 valence electrons. The minimum absolute atomic E-state index is 0.117. The van der Waals surface area contributed by atoms with Crippen LogP contribution >= 0.6 is 11.8 Å². The highest BCUT2D eigenvalue weighted by atomic mass is 32.2. The van der Waals surface area contributed by atoms with Gasteiger partial charge in [0.2, 0.25) is 11.0 Å². The quantitative estimate of drug-likeness (QED) is 0.305. The van der Waals surface area contributed by atoms with E-state index in [0.717, 1.165) is 33.0 Å². The Morgan fingerprint density at radius 2 is 1.54 bits per heavy atom. The summed E-state index contributed by atoms with van der Waals surface area (Å²) in [5, 5.41) is 12.1. The Hall–Kier alpha value is -3.41. The molecule has 7 nitrogen and oxygen atoms in total. The van der Waals surface area contributed by atoms with Crippen LogP contribution in [-0.4, -0.2) is 46.9 Å². The predicted octanol–water partition coefficient (Wildman–Crippen LogP) is 3.89. The van der Waals surface area contributed by atoms with Crippen molar-refractivity contribution in [3.05, 3.63) is 78.4 Å². The van der Waals surface area contributed by atoms with Crippen LogP contribution in [-0.2, 0) is 20.8 Å². The van der Waals surface area contributed by atoms with Crippen LogP contribution in [0.25, 0.3) is 10.8 Å². The van der Waals surface area contributed by atoms with Crippen LogP contribution in [0.15, 0.2) is 77.7 Å². The minimum atomic E-state index is -5.08. The van der Waals surface area contributed by atoms with E-state index < -0.39 is 24.2 Å². The first-order valence-electron chi connectivity index (χ1n) is 11.3. The van der Waals surface area contributed by atoms with Crippen LogP contribution in [0.3, 0.4) is 0 Å². The molecule has 3 aromatic rings. The number of nitrogens with two attached hydrogens (primary N) is 2. The summed E-state index contributed by atoms with van der Waals surface area (Å²) in [6, 6.07) is 22.2. The monoisotopic (exact) mass is 535 g/mol. The van der Waals surface area contributed by atoms with Crippen molar-refractivity contribution in [1.29, 1.82) is 0 Å². The molecule has 0 unspecified atom stereocenters. The summed E-state index contributed by atoms with van der Waals surface area (Å²) < 4.78 is 31.7. The molecule has 37 heavy (non-hydrogen) atoms. The number of thioether (sulfide) groups is 1. The Labute approximate surface area is 216 Å². The molecule has 0 aromatic heterocycles. The van der Waals surface area contributed by atoms with Gasteiger partial charge in [0.1, 0.15) is 6.04 Å².